The standard InChI is InChI=1S/C19H16N4O/c1-13-5-7-17(19(24)21-18-10-14(2)22-23-18)11-16(13)8-6-15-4-3-9-20-12-15/h3-5,7,9-12H,1-2H3,(H2,21,22,23,24). The monoisotopic (exact) mass is 316 g/mol. The molecule has 3 aromatic rings. The number of aromatic amines is 1. The Balaban J connectivity index is 1.83. The lowest BCUT2D eigenvalue weighted by molar-refractivity contribution is 0.102. The second kappa shape index (κ2) is 6.80. The lowest BCUT2D eigenvalue weighted by Gasteiger charge is -2.04. The number of anilines is 1. The molecular formula is C19H16N4O. The SMILES string of the molecule is Cc1cc(NC(=O)c2ccc(C)c(C#Cc3cccnc3)c2)n[nH]1. The molecule has 0 saturated heterocycles. The van der Waals surface area contributed by atoms with Gasteiger partial charge >= 0.3 is 0 Å². The Bertz CT molecular complexity index is 933. The Morgan fingerprint density at radius 1 is 1.17 bits per heavy atom. The van der Waals surface area contributed by atoms with Gasteiger partial charge in [0.2, 0.25) is 0 Å². The van der Waals surface area contributed by atoms with Crippen molar-refractivity contribution in [2.24, 2.45) is 0 Å². The number of amides is 1. The number of rotatable bonds is 2. The van der Waals surface area contributed by atoms with E-state index in [9.17, 15) is 4.79 Å². The van der Waals surface area contributed by atoms with Crippen molar-refractivity contribution >= 4 is 11.7 Å². The molecule has 0 unspecified atom stereocenters. The first kappa shape index (κ1) is 15.5. The van der Waals surface area contributed by atoms with Crippen LogP contribution in [-0.4, -0.2) is 21.1 Å². The fourth-order valence-corrected chi connectivity index (χ4v) is 2.14. The van der Waals surface area contributed by atoms with Crippen LogP contribution in [0, 0.1) is 25.7 Å². The predicted molar refractivity (Wildman–Crippen MR) is 92.7 cm³/mol. The van der Waals surface area contributed by atoms with Gasteiger partial charge in [-0.1, -0.05) is 17.9 Å². The lowest BCUT2D eigenvalue weighted by atomic mass is 10.0. The van der Waals surface area contributed by atoms with Crippen LogP contribution in [0.25, 0.3) is 0 Å². The van der Waals surface area contributed by atoms with Crippen molar-refractivity contribution < 1.29 is 4.79 Å². The highest BCUT2D eigenvalue weighted by Gasteiger charge is 2.09. The molecule has 0 atom stereocenters. The summed E-state index contributed by atoms with van der Waals surface area (Å²) >= 11 is 0. The molecule has 2 aromatic heterocycles. The number of carbonyl (C=O) groups excluding carboxylic acids is 1. The Labute approximate surface area is 140 Å². The molecule has 0 aliphatic rings. The van der Waals surface area contributed by atoms with E-state index >= 15 is 0 Å². The number of benzene rings is 1. The van der Waals surface area contributed by atoms with Crippen LogP contribution >= 0.6 is 0 Å². The molecule has 0 radical (unpaired) electrons. The fraction of sp³-hybridized carbons (Fsp3) is 0.105. The van der Waals surface area contributed by atoms with E-state index in [0.717, 1.165) is 22.4 Å². The molecular weight excluding hydrogens is 300 g/mol. The first-order valence-corrected chi connectivity index (χ1v) is 7.48. The third-order valence-corrected chi connectivity index (χ3v) is 3.45. The minimum Gasteiger partial charge on any atom is -0.305 e. The molecule has 5 heteroatoms. The molecule has 1 aromatic carbocycles. The molecule has 3 rings (SSSR count). The number of aromatic nitrogens is 3. The topological polar surface area (TPSA) is 70.7 Å². The van der Waals surface area contributed by atoms with Gasteiger partial charge in [-0.05, 0) is 43.7 Å². The van der Waals surface area contributed by atoms with Crippen molar-refractivity contribution in [3.63, 3.8) is 0 Å². The first-order chi connectivity index (χ1) is 11.6. The van der Waals surface area contributed by atoms with Crippen molar-refractivity contribution in [1.29, 1.82) is 0 Å². The molecule has 0 aliphatic heterocycles. The molecule has 24 heavy (non-hydrogen) atoms. The Hall–Kier alpha value is -3.39. The summed E-state index contributed by atoms with van der Waals surface area (Å²) in [5.41, 5.74) is 4.08. The van der Waals surface area contributed by atoms with Gasteiger partial charge in [-0.25, -0.2) is 0 Å². The fourth-order valence-electron chi connectivity index (χ4n) is 2.14. The summed E-state index contributed by atoms with van der Waals surface area (Å²) in [6.07, 6.45) is 3.41. The van der Waals surface area contributed by atoms with Gasteiger partial charge < -0.3 is 5.32 Å². The predicted octanol–water partition coefficient (Wildman–Crippen LogP) is 3.07. The first-order valence-electron chi connectivity index (χ1n) is 7.48. The van der Waals surface area contributed by atoms with E-state index in [0.29, 0.717) is 11.4 Å². The van der Waals surface area contributed by atoms with Crippen LogP contribution in [0.3, 0.4) is 0 Å². The molecule has 2 N–H and O–H groups in total. The summed E-state index contributed by atoms with van der Waals surface area (Å²) in [5, 5.41) is 9.56. The van der Waals surface area contributed by atoms with Crippen molar-refractivity contribution in [2.45, 2.75) is 13.8 Å². The normalized spacial score (nSPS) is 9.92. The molecule has 0 fully saturated rings. The number of carbonyl (C=O) groups is 1. The smallest absolute Gasteiger partial charge is 0.256 e. The molecule has 0 aliphatic carbocycles. The van der Waals surface area contributed by atoms with Crippen LogP contribution in [0.4, 0.5) is 5.82 Å². The third-order valence-electron chi connectivity index (χ3n) is 3.45. The number of aryl methyl sites for hydroxylation is 2. The maximum Gasteiger partial charge on any atom is 0.256 e. The van der Waals surface area contributed by atoms with E-state index < -0.39 is 0 Å². The Kier molecular flexibility index (Phi) is 4.39. The summed E-state index contributed by atoms with van der Waals surface area (Å²) in [5.74, 6) is 6.44. The zero-order chi connectivity index (χ0) is 16.9. The van der Waals surface area contributed by atoms with Crippen LogP contribution in [0.2, 0.25) is 0 Å². The van der Waals surface area contributed by atoms with Crippen LogP contribution in [-0.2, 0) is 0 Å². The zero-order valence-electron chi connectivity index (χ0n) is 13.4. The second-order valence-corrected chi connectivity index (χ2v) is 5.41. The maximum absolute atomic E-state index is 12.3. The van der Waals surface area contributed by atoms with Gasteiger partial charge in [0.15, 0.2) is 5.82 Å². The van der Waals surface area contributed by atoms with Gasteiger partial charge in [0.1, 0.15) is 0 Å². The minimum atomic E-state index is -0.217. The van der Waals surface area contributed by atoms with Gasteiger partial charge in [-0.2, -0.15) is 5.10 Å². The van der Waals surface area contributed by atoms with Crippen molar-refractivity contribution in [3.05, 3.63) is 76.7 Å². The molecule has 1 amide bonds. The summed E-state index contributed by atoms with van der Waals surface area (Å²) in [6.45, 7) is 3.84. The van der Waals surface area contributed by atoms with Crippen molar-refractivity contribution in [1.82, 2.24) is 15.2 Å². The molecule has 118 valence electrons. The summed E-state index contributed by atoms with van der Waals surface area (Å²) in [7, 11) is 0. The van der Waals surface area contributed by atoms with Crippen molar-refractivity contribution in [3.8, 4) is 11.8 Å². The van der Waals surface area contributed by atoms with Gasteiger partial charge in [0.05, 0.1) is 0 Å². The lowest BCUT2D eigenvalue weighted by Crippen LogP contribution is -2.12. The molecule has 0 saturated carbocycles. The number of H-pyrrole nitrogens is 1. The van der Waals surface area contributed by atoms with Gasteiger partial charge in [-0.3, -0.25) is 14.9 Å². The second-order valence-electron chi connectivity index (χ2n) is 5.41. The number of hydrogen-bond donors (Lipinski definition) is 2. The zero-order valence-corrected chi connectivity index (χ0v) is 13.4. The number of nitrogens with one attached hydrogen (secondary N) is 2. The quantitative estimate of drug-likeness (QED) is 0.714. The van der Waals surface area contributed by atoms with Crippen molar-refractivity contribution in [2.75, 3.05) is 5.32 Å². The minimum absolute atomic E-state index is 0.217. The van der Waals surface area contributed by atoms with E-state index in [4.69, 9.17) is 0 Å². The highest BCUT2D eigenvalue weighted by atomic mass is 16.1. The highest BCUT2D eigenvalue weighted by Crippen LogP contribution is 2.13. The van der Waals surface area contributed by atoms with E-state index in [-0.39, 0.29) is 5.91 Å². The van der Waals surface area contributed by atoms with Crippen LogP contribution in [0.15, 0.2) is 48.8 Å². The Morgan fingerprint density at radius 3 is 2.75 bits per heavy atom. The van der Waals surface area contributed by atoms with E-state index in [1.807, 2.05) is 32.0 Å². The van der Waals surface area contributed by atoms with E-state index in [1.165, 1.54) is 0 Å². The molecule has 2 heterocycles. The van der Waals surface area contributed by atoms with E-state index in [2.05, 4.69) is 32.3 Å². The number of pyridine rings is 1. The van der Waals surface area contributed by atoms with Gasteiger partial charge in [-0.15, -0.1) is 0 Å². The van der Waals surface area contributed by atoms with Gasteiger partial charge in [0, 0.05) is 40.8 Å². The summed E-state index contributed by atoms with van der Waals surface area (Å²) in [6, 6.07) is 11.0. The summed E-state index contributed by atoms with van der Waals surface area (Å²) in [4.78, 5) is 16.4. The highest BCUT2D eigenvalue weighted by molar-refractivity contribution is 6.04. The Morgan fingerprint density at radius 2 is 2.04 bits per heavy atom. The average Bonchev–Trinajstić information content (AvgIpc) is 3.00. The molecule has 0 spiro atoms. The maximum atomic E-state index is 12.3. The number of nitrogens with zero attached hydrogens (tertiary/aromatic N) is 2. The van der Waals surface area contributed by atoms with Gasteiger partial charge in [0.25, 0.3) is 5.91 Å². The largest absolute Gasteiger partial charge is 0.305 e. The summed E-state index contributed by atoms with van der Waals surface area (Å²) < 4.78 is 0. The van der Waals surface area contributed by atoms with E-state index in [1.54, 1.807) is 30.6 Å². The van der Waals surface area contributed by atoms with Crippen LogP contribution in [0.1, 0.15) is 32.7 Å². The van der Waals surface area contributed by atoms with Crippen LogP contribution in [0.5, 0.6) is 0 Å². The van der Waals surface area contributed by atoms with Crippen LogP contribution < -0.4 is 5.32 Å². The third kappa shape index (κ3) is 3.68. The average molecular weight is 316 g/mol. The molecule has 0 bridgehead atoms. The molecule has 5 nitrogen and oxygen atoms in total. The number of hydrogen-bond acceptors (Lipinski definition) is 3.